The zero-order valence-electron chi connectivity index (χ0n) is 19.4. The molecule has 6 rings (SSSR count). The molecule has 0 fully saturated rings. The molecule has 1 amide bonds. The number of pyridine rings is 1. The molecule has 1 aliphatic rings. The van der Waals surface area contributed by atoms with Crippen molar-refractivity contribution in [1.82, 2.24) is 30.0 Å². The average Bonchev–Trinajstić information content (AvgIpc) is 3.51. The van der Waals surface area contributed by atoms with Gasteiger partial charge in [0.05, 0.1) is 17.1 Å². The summed E-state index contributed by atoms with van der Waals surface area (Å²) in [5.41, 5.74) is 4.33. The highest BCUT2D eigenvalue weighted by molar-refractivity contribution is 7.19. The quantitative estimate of drug-likeness (QED) is 0.358. The highest BCUT2D eigenvalue weighted by atomic mass is 32.1. The number of nitrogens with one attached hydrogen (secondary N) is 2. The molecule has 0 saturated carbocycles. The summed E-state index contributed by atoms with van der Waals surface area (Å²) in [7, 11) is 0. The number of benzene rings is 1. The van der Waals surface area contributed by atoms with Gasteiger partial charge < -0.3 is 10.2 Å². The molecule has 8 nitrogen and oxygen atoms in total. The lowest BCUT2D eigenvalue weighted by atomic mass is 9.86. The Hall–Kier alpha value is -3.85. The maximum absolute atomic E-state index is 13.4. The Bertz CT molecular complexity index is 1510. The van der Waals surface area contributed by atoms with Crippen molar-refractivity contribution in [2.45, 2.75) is 32.7 Å². The topological polar surface area (TPSA) is 99.7 Å². The van der Waals surface area contributed by atoms with Crippen molar-refractivity contribution in [1.29, 1.82) is 0 Å². The lowest BCUT2D eigenvalue weighted by Gasteiger charge is -2.28. The van der Waals surface area contributed by atoms with Crippen LogP contribution >= 0.6 is 11.3 Å². The molecule has 0 spiro atoms. The minimum Gasteiger partial charge on any atom is -0.340 e. The fourth-order valence-corrected chi connectivity index (χ4v) is 6.15. The number of nitrogens with zero attached hydrogens (tertiary/aromatic N) is 5. The Balaban J connectivity index is 1.25. The number of aromatic nitrogens is 5. The molecule has 1 atom stereocenters. The number of amides is 1. The summed E-state index contributed by atoms with van der Waals surface area (Å²) in [6.45, 7) is 3.35. The average molecular weight is 484 g/mol. The number of anilines is 2. The molecular weight excluding hydrogens is 458 g/mol. The summed E-state index contributed by atoms with van der Waals surface area (Å²) in [5.74, 6) is 1.03. The van der Waals surface area contributed by atoms with Crippen LogP contribution in [-0.2, 0) is 24.2 Å². The van der Waals surface area contributed by atoms with Gasteiger partial charge >= 0.3 is 0 Å². The molecule has 0 saturated heterocycles. The van der Waals surface area contributed by atoms with E-state index >= 15 is 0 Å². The van der Waals surface area contributed by atoms with E-state index in [1.54, 1.807) is 30.1 Å². The van der Waals surface area contributed by atoms with Gasteiger partial charge in [0.2, 0.25) is 5.91 Å². The van der Waals surface area contributed by atoms with E-state index in [4.69, 9.17) is 0 Å². The van der Waals surface area contributed by atoms with Gasteiger partial charge in [-0.2, -0.15) is 5.10 Å². The summed E-state index contributed by atoms with van der Waals surface area (Å²) in [6, 6.07) is 10.0. The van der Waals surface area contributed by atoms with E-state index in [9.17, 15) is 4.79 Å². The summed E-state index contributed by atoms with van der Waals surface area (Å²) in [6.07, 6.45) is 9.41. The largest absolute Gasteiger partial charge is 0.340 e. The van der Waals surface area contributed by atoms with Crippen LogP contribution in [0, 0.1) is 5.92 Å². The summed E-state index contributed by atoms with van der Waals surface area (Å²) in [4.78, 5) is 30.8. The minimum atomic E-state index is -0.00906. The molecular formula is C26H25N7OS. The lowest BCUT2D eigenvalue weighted by Crippen LogP contribution is -2.37. The van der Waals surface area contributed by atoms with E-state index in [1.165, 1.54) is 10.4 Å². The number of rotatable bonds is 6. The van der Waals surface area contributed by atoms with Gasteiger partial charge in [-0.15, -0.1) is 11.3 Å². The first-order valence-electron chi connectivity index (χ1n) is 11.8. The van der Waals surface area contributed by atoms with Crippen molar-refractivity contribution in [3.63, 3.8) is 0 Å². The van der Waals surface area contributed by atoms with Crippen LogP contribution in [0.15, 0.2) is 55.2 Å². The normalized spacial score (nSPS) is 15.3. The Morgan fingerprint density at radius 3 is 2.97 bits per heavy atom. The number of carbonyl (C=O) groups is 1. The summed E-state index contributed by atoms with van der Waals surface area (Å²) in [5, 5.41) is 12.7. The van der Waals surface area contributed by atoms with E-state index in [1.807, 2.05) is 42.3 Å². The van der Waals surface area contributed by atoms with Crippen LogP contribution in [0.3, 0.4) is 0 Å². The molecule has 1 aromatic carbocycles. The molecule has 4 aromatic heterocycles. The molecule has 5 aromatic rings. The number of carbonyl (C=O) groups excluding carboxylic acids is 1. The van der Waals surface area contributed by atoms with Crippen molar-refractivity contribution in [3.8, 4) is 0 Å². The fraction of sp³-hybridized carbons (Fsp3) is 0.269. The number of fused-ring (bicyclic) bond motifs is 4. The van der Waals surface area contributed by atoms with Crippen molar-refractivity contribution < 1.29 is 4.79 Å². The Morgan fingerprint density at radius 1 is 1.23 bits per heavy atom. The first kappa shape index (κ1) is 21.7. The van der Waals surface area contributed by atoms with Crippen LogP contribution in [0.25, 0.3) is 21.1 Å². The predicted molar refractivity (Wildman–Crippen MR) is 138 cm³/mol. The van der Waals surface area contributed by atoms with Crippen LogP contribution in [0.1, 0.15) is 29.3 Å². The predicted octanol–water partition coefficient (Wildman–Crippen LogP) is 4.86. The number of hydrogen-bond donors (Lipinski definition) is 2. The first-order valence-corrected chi connectivity index (χ1v) is 12.6. The molecule has 9 heteroatoms. The molecule has 0 aliphatic heterocycles. The van der Waals surface area contributed by atoms with E-state index in [0.717, 1.165) is 57.5 Å². The number of H-pyrrole nitrogens is 1. The van der Waals surface area contributed by atoms with Gasteiger partial charge in [0.1, 0.15) is 17.0 Å². The highest BCUT2D eigenvalue weighted by Crippen LogP contribution is 2.41. The molecule has 2 N–H and O–H groups in total. The number of aromatic amines is 1. The van der Waals surface area contributed by atoms with Crippen LogP contribution in [0.5, 0.6) is 0 Å². The fourth-order valence-electron chi connectivity index (χ4n) is 4.89. The standard InChI is InChI=1S/C26H25N7OS/c1-2-33(14-16-7-9-27-10-8-16)26(34)17-3-5-20-22(12-17)35-25-23(20)24(28-15-29-25)31-19-4-6-21-18(11-19)13-30-32-21/h4,6-11,13,15,17H,2-3,5,12,14H2,1H3,(H,30,32)(H,28,29,31). The molecule has 4 heterocycles. The molecule has 0 bridgehead atoms. The van der Waals surface area contributed by atoms with E-state index in [-0.39, 0.29) is 11.8 Å². The van der Waals surface area contributed by atoms with Crippen LogP contribution in [-0.4, -0.2) is 42.5 Å². The second-order valence-electron chi connectivity index (χ2n) is 8.85. The molecule has 1 unspecified atom stereocenters. The number of hydrogen-bond acceptors (Lipinski definition) is 7. The molecule has 0 radical (unpaired) electrons. The smallest absolute Gasteiger partial charge is 0.226 e. The third-order valence-corrected chi connectivity index (χ3v) is 7.88. The third kappa shape index (κ3) is 4.12. The Kier molecular flexibility index (Phi) is 5.61. The van der Waals surface area contributed by atoms with Crippen LogP contribution in [0.4, 0.5) is 11.5 Å². The minimum absolute atomic E-state index is 0.00906. The van der Waals surface area contributed by atoms with Crippen molar-refractivity contribution in [2.75, 3.05) is 11.9 Å². The van der Waals surface area contributed by atoms with E-state index in [0.29, 0.717) is 13.1 Å². The molecule has 35 heavy (non-hydrogen) atoms. The van der Waals surface area contributed by atoms with Gasteiger partial charge in [-0.1, -0.05) is 0 Å². The monoisotopic (exact) mass is 483 g/mol. The third-order valence-electron chi connectivity index (χ3n) is 6.71. The van der Waals surface area contributed by atoms with Gasteiger partial charge in [-0.05, 0) is 67.6 Å². The Labute approximate surface area is 206 Å². The van der Waals surface area contributed by atoms with Crippen LogP contribution in [0.2, 0.25) is 0 Å². The van der Waals surface area contributed by atoms with Gasteiger partial charge in [0, 0.05) is 47.4 Å². The number of thiophene rings is 1. The highest BCUT2D eigenvalue weighted by Gasteiger charge is 2.31. The zero-order valence-corrected chi connectivity index (χ0v) is 20.2. The maximum atomic E-state index is 13.4. The van der Waals surface area contributed by atoms with Crippen molar-refractivity contribution in [3.05, 3.63) is 71.3 Å². The first-order chi connectivity index (χ1) is 17.2. The number of aryl methyl sites for hydroxylation is 1. The van der Waals surface area contributed by atoms with E-state index in [2.05, 4.69) is 36.5 Å². The van der Waals surface area contributed by atoms with Crippen molar-refractivity contribution >= 4 is 49.9 Å². The second kappa shape index (κ2) is 9.07. The zero-order chi connectivity index (χ0) is 23.8. The lowest BCUT2D eigenvalue weighted by molar-refractivity contribution is -0.136. The van der Waals surface area contributed by atoms with Gasteiger partial charge in [-0.3, -0.25) is 14.9 Å². The Morgan fingerprint density at radius 2 is 2.11 bits per heavy atom. The molecule has 1 aliphatic carbocycles. The summed E-state index contributed by atoms with van der Waals surface area (Å²) < 4.78 is 0. The SMILES string of the molecule is CCN(Cc1ccncc1)C(=O)C1CCc2c(sc3ncnc(Nc4ccc5[nH]ncc5c4)c23)C1. The second-order valence-corrected chi connectivity index (χ2v) is 9.93. The van der Waals surface area contributed by atoms with Gasteiger partial charge in [0.15, 0.2) is 0 Å². The van der Waals surface area contributed by atoms with Crippen LogP contribution < -0.4 is 5.32 Å². The molecule has 176 valence electrons. The summed E-state index contributed by atoms with van der Waals surface area (Å²) >= 11 is 1.69. The van der Waals surface area contributed by atoms with Crippen molar-refractivity contribution in [2.24, 2.45) is 5.92 Å². The maximum Gasteiger partial charge on any atom is 0.226 e. The van der Waals surface area contributed by atoms with Gasteiger partial charge in [0.25, 0.3) is 0 Å². The van der Waals surface area contributed by atoms with E-state index < -0.39 is 0 Å². The van der Waals surface area contributed by atoms with Gasteiger partial charge in [-0.25, -0.2) is 9.97 Å².